The number of rotatable bonds is 2. The molecule has 0 spiro atoms. The largest absolute Gasteiger partial charge is 0.317 e. The predicted molar refractivity (Wildman–Crippen MR) is 58.1 cm³/mol. The molecule has 3 nitrogen and oxygen atoms in total. The second-order valence-electron chi connectivity index (χ2n) is 2.72. The SMILES string of the molecule is N#Cc1nccn1Cc1cc(Br)cs1. The van der Waals surface area contributed by atoms with Crippen LogP contribution in [0.25, 0.3) is 0 Å². The zero-order valence-electron chi connectivity index (χ0n) is 7.14. The molecular weight excluding hydrogens is 262 g/mol. The summed E-state index contributed by atoms with van der Waals surface area (Å²) >= 11 is 5.05. The minimum absolute atomic E-state index is 0.453. The van der Waals surface area contributed by atoms with Gasteiger partial charge in [-0.3, -0.25) is 0 Å². The zero-order valence-corrected chi connectivity index (χ0v) is 9.55. The fraction of sp³-hybridized carbons (Fsp3) is 0.111. The van der Waals surface area contributed by atoms with Gasteiger partial charge in [-0.25, -0.2) is 4.98 Å². The van der Waals surface area contributed by atoms with Crippen LogP contribution in [0.2, 0.25) is 0 Å². The van der Waals surface area contributed by atoms with Crippen molar-refractivity contribution in [3.05, 3.63) is 39.0 Å². The highest BCUT2D eigenvalue weighted by molar-refractivity contribution is 9.10. The summed E-state index contributed by atoms with van der Waals surface area (Å²) in [6, 6.07) is 4.09. The highest BCUT2D eigenvalue weighted by Gasteiger charge is 2.03. The van der Waals surface area contributed by atoms with Gasteiger partial charge in [-0.15, -0.1) is 11.3 Å². The minimum atomic E-state index is 0.453. The number of nitrogens with zero attached hydrogens (tertiary/aromatic N) is 3. The molecule has 0 atom stereocenters. The van der Waals surface area contributed by atoms with Crippen molar-refractivity contribution in [2.45, 2.75) is 6.54 Å². The molecule has 0 N–H and O–H groups in total. The number of aromatic nitrogens is 2. The van der Waals surface area contributed by atoms with Crippen LogP contribution >= 0.6 is 27.3 Å². The van der Waals surface area contributed by atoms with Crippen LogP contribution in [0, 0.1) is 11.3 Å². The minimum Gasteiger partial charge on any atom is -0.317 e. The van der Waals surface area contributed by atoms with E-state index in [1.165, 1.54) is 4.88 Å². The van der Waals surface area contributed by atoms with Crippen LogP contribution in [0.15, 0.2) is 28.3 Å². The standard InChI is InChI=1S/C9H6BrN3S/c10-7-3-8(14-6-7)5-13-2-1-12-9(13)4-11/h1-3,6H,5H2. The molecule has 2 heterocycles. The molecule has 2 rings (SSSR count). The predicted octanol–water partition coefficient (Wildman–Crippen LogP) is 2.63. The fourth-order valence-corrected chi connectivity index (χ4v) is 2.60. The van der Waals surface area contributed by atoms with Crippen LogP contribution in [0.4, 0.5) is 0 Å². The monoisotopic (exact) mass is 267 g/mol. The summed E-state index contributed by atoms with van der Waals surface area (Å²) in [5.74, 6) is 0.453. The van der Waals surface area contributed by atoms with Crippen molar-refractivity contribution in [3.8, 4) is 6.07 Å². The molecule has 0 aliphatic carbocycles. The van der Waals surface area contributed by atoms with E-state index in [-0.39, 0.29) is 0 Å². The third-order valence-corrected chi connectivity index (χ3v) is 3.45. The van der Waals surface area contributed by atoms with E-state index in [2.05, 4.69) is 20.9 Å². The quantitative estimate of drug-likeness (QED) is 0.840. The fourth-order valence-electron chi connectivity index (χ4n) is 1.15. The lowest BCUT2D eigenvalue weighted by atomic mass is 10.4. The Kier molecular flexibility index (Phi) is 2.66. The molecule has 70 valence electrons. The number of imidazole rings is 1. The molecule has 0 fully saturated rings. The molecular formula is C9H6BrN3S. The van der Waals surface area contributed by atoms with Gasteiger partial charge < -0.3 is 4.57 Å². The van der Waals surface area contributed by atoms with Crippen molar-refractivity contribution in [1.29, 1.82) is 5.26 Å². The summed E-state index contributed by atoms with van der Waals surface area (Å²) in [5, 5.41) is 10.8. The lowest BCUT2D eigenvalue weighted by Gasteiger charge is -1.99. The van der Waals surface area contributed by atoms with Crippen LogP contribution in [-0.2, 0) is 6.54 Å². The second kappa shape index (κ2) is 3.95. The Bertz CT molecular complexity index is 480. The molecule has 0 aliphatic heterocycles. The number of halogens is 1. The van der Waals surface area contributed by atoms with Gasteiger partial charge in [0.25, 0.3) is 0 Å². The summed E-state index contributed by atoms with van der Waals surface area (Å²) in [6.45, 7) is 0.707. The van der Waals surface area contributed by atoms with Gasteiger partial charge >= 0.3 is 0 Å². The average molecular weight is 268 g/mol. The molecule has 0 amide bonds. The normalized spacial score (nSPS) is 10.0. The van der Waals surface area contributed by atoms with E-state index in [9.17, 15) is 0 Å². The van der Waals surface area contributed by atoms with Gasteiger partial charge in [0.15, 0.2) is 0 Å². The van der Waals surface area contributed by atoms with E-state index in [1.54, 1.807) is 17.5 Å². The summed E-state index contributed by atoms with van der Waals surface area (Å²) in [5.41, 5.74) is 0. The topological polar surface area (TPSA) is 41.6 Å². The number of hydrogen-bond acceptors (Lipinski definition) is 3. The second-order valence-corrected chi connectivity index (χ2v) is 4.63. The van der Waals surface area contributed by atoms with Crippen LogP contribution in [0.1, 0.15) is 10.7 Å². The van der Waals surface area contributed by atoms with Crippen molar-refractivity contribution in [1.82, 2.24) is 9.55 Å². The van der Waals surface area contributed by atoms with Gasteiger partial charge in [0.05, 0.1) is 6.54 Å². The van der Waals surface area contributed by atoms with Crippen molar-refractivity contribution >= 4 is 27.3 Å². The maximum Gasteiger partial charge on any atom is 0.213 e. The maximum absolute atomic E-state index is 8.75. The highest BCUT2D eigenvalue weighted by Crippen LogP contribution is 2.20. The van der Waals surface area contributed by atoms with E-state index in [0.29, 0.717) is 12.4 Å². The average Bonchev–Trinajstić information content (AvgIpc) is 2.76. The third kappa shape index (κ3) is 1.86. The summed E-state index contributed by atoms with van der Waals surface area (Å²) in [7, 11) is 0. The zero-order chi connectivity index (χ0) is 9.97. The van der Waals surface area contributed by atoms with Gasteiger partial charge in [-0.1, -0.05) is 0 Å². The molecule has 0 radical (unpaired) electrons. The van der Waals surface area contributed by atoms with Crippen LogP contribution in [0.5, 0.6) is 0 Å². The summed E-state index contributed by atoms with van der Waals surface area (Å²) in [4.78, 5) is 5.13. The first-order valence-corrected chi connectivity index (χ1v) is 5.61. The molecule has 0 aromatic carbocycles. The van der Waals surface area contributed by atoms with E-state index >= 15 is 0 Å². The van der Waals surface area contributed by atoms with E-state index in [4.69, 9.17) is 5.26 Å². The van der Waals surface area contributed by atoms with Gasteiger partial charge in [-0.05, 0) is 22.0 Å². The lowest BCUT2D eigenvalue weighted by Crippen LogP contribution is -1.99. The van der Waals surface area contributed by atoms with E-state index < -0.39 is 0 Å². The Morgan fingerprint density at radius 3 is 3.14 bits per heavy atom. The van der Waals surface area contributed by atoms with E-state index in [1.807, 2.05) is 28.3 Å². The van der Waals surface area contributed by atoms with Crippen LogP contribution in [-0.4, -0.2) is 9.55 Å². The van der Waals surface area contributed by atoms with E-state index in [0.717, 1.165) is 4.47 Å². The molecule has 0 bridgehead atoms. The number of thiophene rings is 1. The highest BCUT2D eigenvalue weighted by atomic mass is 79.9. The number of nitriles is 1. The first kappa shape index (κ1) is 9.44. The van der Waals surface area contributed by atoms with Gasteiger partial charge in [0.1, 0.15) is 6.07 Å². The maximum atomic E-state index is 8.75. The van der Waals surface area contributed by atoms with Gasteiger partial charge in [-0.2, -0.15) is 5.26 Å². The molecule has 0 saturated heterocycles. The Labute approximate surface area is 93.8 Å². The van der Waals surface area contributed by atoms with Gasteiger partial charge in [0, 0.05) is 27.1 Å². The Balaban J connectivity index is 2.23. The molecule has 5 heteroatoms. The molecule has 0 saturated carbocycles. The smallest absolute Gasteiger partial charge is 0.213 e. The number of hydrogen-bond donors (Lipinski definition) is 0. The first-order chi connectivity index (χ1) is 6.79. The van der Waals surface area contributed by atoms with Crippen LogP contribution < -0.4 is 0 Å². The van der Waals surface area contributed by atoms with Gasteiger partial charge in [0.2, 0.25) is 5.82 Å². The Hall–Kier alpha value is -1.12. The Morgan fingerprint density at radius 2 is 2.50 bits per heavy atom. The molecule has 2 aromatic heterocycles. The Morgan fingerprint density at radius 1 is 1.64 bits per heavy atom. The van der Waals surface area contributed by atoms with Crippen LogP contribution in [0.3, 0.4) is 0 Å². The van der Waals surface area contributed by atoms with Crippen molar-refractivity contribution < 1.29 is 0 Å². The molecule has 2 aromatic rings. The molecule has 0 unspecified atom stereocenters. The first-order valence-electron chi connectivity index (χ1n) is 3.94. The molecule has 14 heavy (non-hydrogen) atoms. The summed E-state index contributed by atoms with van der Waals surface area (Å²) in [6.07, 6.45) is 3.45. The van der Waals surface area contributed by atoms with Crippen molar-refractivity contribution in [2.75, 3.05) is 0 Å². The van der Waals surface area contributed by atoms with Crippen molar-refractivity contribution in [2.24, 2.45) is 0 Å². The third-order valence-electron chi connectivity index (χ3n) is 1.76. The lowest BCUT2D eigenvalue weighted by molar-refractivity contribution is 0.793. The van der Waals surface area contributed by atoms with Crippen molar-refractivity contribution in [3.63, 3.8) is 0 Å². The summed E-state index contributed by atoms with van der Waals surface area (Å²) < 4.78 is 2.91. The molecule has 0 aliphatic rings.